The van der Waals surface area contributed by atoms with Gasteiger partial charge in [-0.2, -0.15) is 0 Å². The smallest absolute Gasteiger partial charge is 0.0628 e. The quantitative estimate of drug-likeness (QED) is 0.168. The van der Waals surface area contributed by atoms with Crippen molar-refractivity contribution in [3.05, 3.63) is 182 Å². The zero-order valence-electron chi connectivity index (χ0n) is 31.1. The van der Waals surface area contributed by atoms with E-state index in [0.29, 0.717) is 0 Å². The molecule has 0 saturated heterocycles. The third-order valence-electron chi connectivity index (χ3n) is 13.3. The molecule has 0 aliphatic rings. The van der Waals surface area contributed by atoms with E-state index in [1.54, 1.807) is 0 Å². The number of rotatable bonds is 2. The van der Waals surface area contributed by atoms with Gasteiger partial charge in [0.2, 0.25) is 0 Å². The van der Waals surface area contributed by atoms with E-state index in [0.717, 1.165) is 0 Å². The summed E-state index contributed by atoms with van der Waals surface area (Å²) in [4.78, 5) is 0. The molecule has 6 aromatic heterocycles. The van der Waals surface area contributed by atoms with Gasteiger partial charge < -0.3 is 17.9 Å². The fourth-order valence-corrected chi connectivity index (χ4v) is 11.2. The molecule has 0 radical (unpaired) electrons. The van der Waals surface area contributed by atoms with Gasteiger partial charge in [-0.15, -0.1) is 0 Å². The van der Waals surface area contributed by atoms with Gasteiger partial charge in [0.1, 0.15) is 0 Å². The van der Waals surface area contributed by atoms with Crippen LogP contribution in [0.3, 0.4) is 0 Å². The van der Waals surface area contributed by atoms with E-state index in [1.807, 2.05) is 0 Å². The highest BCUT2D eigenvalue weighted by atomic mass is 15.0. The number of para-hydroxylation sites is 6. The summed E-state index contributed by atoms with van der Waals surface area (Å²) in [6.07, 6.45) is 0. The Hall–Kier alpha value is -7.82. The highest BCUT2D eigenvalue weighted by Crippen LogP contribution is 2.50. The number of benzene rings is 9. The van der Waals surface area contributed by atoms with Gasteiger partial charge in [-0.05, 0) is 72.8 Å². The molecule has 4 heteroatoms. The Morgan fingerprint density at radius 3 is 1.02 bits per heavy atom. The molecular formula is C54H30N4. The molecule has 0 atom stereocenters. The van der Waals surface area contributed by atoms with Crippen LogP contribution in [0, 0.1) is 0 Å². The second-order valence-corrected chi connectivity index (χ2v) is 16.1. The van der Waals surface area contributed by atoms with Crippen LogP contribution in [0.15, 0.2) is 182 Å². The summed E-state index contributed by atoms with van der Waals surface area (Å²) in [6, 6.07) is 67.6. The molecule has 58 heavy (non-hydrogen) atoms. The minimum absolute atomic E-state index is 1.17. The van der Waals surface area contributed by atoms with Crippen LogP contribution < -0.4 is 0 Å². The van der Waals surface area contributed by atoms with Gasteiger partial charge in [0.25, 0.3) is 0 Å². The first-order valence-electron chi connectivity index (χ1n) is 20.1. The van der Waals surface area contributed by atoms with Crippen LogP contribution >= 0.6 is 0 Å². The molecule has 266 valence electrons. The molecule has 6 heterocycles. The van der Waals surface area contributed by atoms with Gasteiger partial charge in [0.05, 0.1) is 55.2 Å². The van der Waals surface area contributed by atoms with Crippen molar-refractivity contribution in [2.75, 3.05) is 0 Å². The van der Waals surface area contributed by atoms with Crippen LogP contribution in [0.1, 0.15) is 0 Å². The van der Waals surface area contributed by atoms with Crippen molar-refractivity contribution in [1.82, 2.24) is 17.9 Å². The van der Waals surface area contributed by atoms with Gasteiger partial charge in [-0.1, -0.05) is 109 Å². The van der Waals surface area contributed by atoms with E-state index in [4.69, 9.17) is 0 Å². The van der Waals surface area contributed by atoms with E-state index in [1.165, 1.54) is 131 Å². The summed E-state index contributed by atoms with van der Waals surface area (Å²) in [6.45, 7) is 0. The van der Waals surface area contributed by atoms with Crippen molar-refractivity contribution < 1.29 is 0 Å². The number of hydrogen-bond donors (Lipinski definition) is 0. The fraction of sp³-hybridized carbons (Fsp3) is 0. The van der Waals surface area contributed by atoms with Crippen molar-refractivity contribution in [3.63, 3.8) is 0 Å². The maximum Gasteiger partial charge on any atom is 0.0628 e. The molecule has 15 rings (SSSR count). The zero-order valence-corrected chi connectivity index (χ0v) is 31.1. The molecular weight excluding hydrogens is 705 g/mol. The van der Waals surface area contributed by atoms with Crippen LogP contribution in [0.2, 0.25) is 0 Å². The molecule has 4 nitrogen and oxygen atoms in total. The SMILES string of the molecule is c1ccc(-n2c3ccccc3c3c4c5ccccc5n5c6cc7c(cc6c(cc32)c45)c2cc3c(c4ccccc4n3-c3ccccc3)c3c4ccccc4n7c23)cc1. The van der Waals surface area contributed by atoms with Gasteiger partial charge in [-0.3, -0.25) is 0 Å². The topological polar surface area (TPSA) is 18.7 Å². The van der Waals surface area contributed by atoms with Gasteiger partial charge in [-0.25, -0.2) is 0 Å². The molecule has 15 aromatic rings. The molecule has 0 spiro atoms. The molecule has 0 bridgehead atoms. The van der Waals surface area contributed by atoms with E-state index < -0.39 is 0 Å². The lowest BCUT2D eigenvalue weighted by Crippen LogP contribution is -1.92. The first-order chi connectivity index (χ1) is 28.8. The summed E-state index contributed by atoms with van der Waals surface area (Å²) in [7, 11) is 0. The fourth-order valence-electron chi connectivity index (χ4n) is 11.2. The standard InChI is InChI=1S/C54H30N4/c1-3-15-31(16-4-1)55-41-23-11-7-19-33(41)49-47(55)28-39-37-27-38-40-29-48-50(34-20-8-12-24-42(34)56(48)32-17-5-2-6-18-32)52-36-22-10-14-26-44(36)58(54(40)52)46(38)30-45(37)57-43-25-13-9-21-35(43)51(49)53(39)57/h1-30H. The van der Waals surface area contributed by atoms with E-state index in [-0.39, 0.29) is 0 Å². The third kappa shape index (κ3) is 3.30. The first kappa shape index (κ1) is 29.5. The summed E-state index contributed by atoms with van der Waals surface area (Å²) in [5.41, 5.74) is 14.8. The van der Waals surface area contributed by atoms with E-state index in [9.17, 15) is 0 Å². The molecule has 0 aliphatic carbocycles. The first-order valence-corrected chi connectivity index (χ1v) is 20.1. The normalized spacial score (nSPS) is 12.8. The lowest BCUT2D eigenvalue weighted by atomic mass is 10.00. The Labute approximate surface area is 329 Å². The second-order valence-electron chi connectivity index (χ2n) is 16.1. The van der Waals surface area contributed by atoms with E-state index in [2.05, 4.69) is 200 Å². The van der Waals surface area contributed by atoms with Crippen molar-refractivity contribution in [2.45, 2.75) is 0 Å². The van der Waals surface area contributed by atoms with Crippen LogP contribution in [-0.4, -0.2) is 17.9 Å². The summed E-state index contributed by atoms with van der Waals surface area (Å²) >= 11 is 0. The average Bonchev–Trinajstić information content (AvgIpc) is 4.11. The Bertz CT molecular complexity index is 3960. The highest BCUT2D eigenvalue weighted by Gasteiger charge is 2.28. The van der Waals surface area contributed by atoms with Crippen LogP contribution in [0.25, 0.3) is 131 Å². The van der Waals surface area contributed by atoms with Crippen molar-refractivity contribution in [1.29, 1.82) is 0 Å². The molecule has 0 N–H and O–H groups in total. The maximum atomic E-state index is 2.56. The number of fused-ring (bicyclic) bond motifs is 20. The molecule has 0 saturated carbocycles. The van der Waals surface area contributed by atoms with Crippen LogP contribution in [-0.2, 0) is 0 Å². The monoisotopic (exact) mass is 734 g/mol. The van der Waals surface area contributed by atoms with E-state index >= 15 is 0 Å². The minimum atomic E-state index is 1.17. The lowest BCUT2D eigenvalue weighted by molar-refractivity contribution is 1.18. The predicted octanol–water partition coefficient (Wildman–Crippen LogP) is 14.2. The number of hydrogen-bond acceptors (Lipinski definition) is 0. The molecule has 0 fully saturated rings. The molecule has 9 aromatic carbocycles. The average molecular weight is 735 g/mol. The summed E-state index contributed by atoms with van der Waals surface area (Å²) < 4.78 is 10.1. The van der Waals surface area contributed by atoms with Crippen molar-refractivity contribution >= 4 is 120 Å². The molecule has 0 unspecified atom stereocenters. The lowest BCUT2D eigenvalue weighted by Gasteiger charge is -2.08. The number of aromatic nitrogens is 4. The van der Waals surface area contributed by atoms with Crippen LogP contribution in [0.5, 0.6) is 0 Å². The Morgan fingerprint density at radius 1 is 0.224 bits per heavy atom. The minimum Gasteiger partial charge on any atom is -0.309 e. The highest BCUT2D eigenvalue weighted by molar-refractivity contribution is 6.39. The Balaban J connectivity index is 1.19. The van der Waals surface area contributed by atoms with Gasteiger partial charge in [0.15, 0.2) is 0 Å². The Kier molecular flexibility index (Phi) is 5.14. The van der Waals surface area contributed by atoms with Crippen LogP contribution in [0.4, 0.5) is 0 Å². The molecule has 0 amide bonds. The largest absolute Gasteiger partial charge is 0.309 e. The van der Waals surface area contributed by atoms with Gasteiger partial charge >= 0.3 is 0 Å². The third-order valence-corrected chi connectivity index (χ3v) is 13.3. The van der Waals surface area contributed by atoms with Gasteiger partial charge in [0, 0.05) is 76.0 Å². The maximum absolute atomic E-state index is 2.56. The Morgan fingerprint density at radius 2 is 0.586 bits per heavy atom. The number of nitrogens with zero attached hydrogens (tertiary/aromatic N) is 4. The predicted molar refractivity (Wildman–Crippen MR) is 244 cm³/mol. The second kappa shape index (κ2) is 10.1. The molecule has 0 aliphatic heterocycles. The summed E-state index contributed by atoms with van der Waals surface area (Å²) in [5.74, 6) is 0. The van der Waals surface area contributed by atoms with Crippen molar-refractivity contribution in [2.24, 2.45) is 0 Å². The van der Waals surface area contributed by atoms with Crippen molar-refractivity contribution in [3.8, 4) is 11.4 Å². The summed E-state index contributed by atoms with van der Waals surface area (Å²) in [5, 5.41) is 15.6. The zero-order chi connectivity index (χ0) is 37.4.